The number of aromatic carboxylic acids is 1. The number of amides is 2. The van der Waals surface area contributed by atoms with E-state index >= 15 is 0 Å². The lowest BCUT2D eigenvalue weighted by Crippen LogP contribution is -2.42. The van der Waals surface area contributed by atoms with Crippen molar-refractivity contribution in [2.75, 3.05) is 12.1 Å². The fourth-order valence-electron chi connectivity index (χ4n) is 4.32. The number of carbonyl (C=O) groups is 3. The van der Waals surface area contributed by atoms with Crippen molar-refractivity contribution < 1.29 is 33.4 Å². The Kier molecular flexibility index (Phi) is 8.12. The van der Waals surface area contributed by atoms with E-state index in [1.165, 1.54) is 6.07 Å². The molecule has 4 aromatic rings. The van der Waals surface area contributed by atoms with Gasteiger partial charge in [-0.25, -0.2) is 14.2 Å². The first-order valence-electron chi connectivity index (χ1n) is 12.6. The third-order valence-corrected chi connectivity index (χ3v) is 6.20. The zero-order valence-corrected chi connectivity index (χ0v) is 21.5. The summed E-state index contributed by atoms with van der Waals surface area (Å²) < 4.78 is 22.8. The number of carboxylic acids is 1. The lowest BCUT2D eigenvalue weighted by atomic mass is 10.0. The number of carboxylic acid groups (broad SMARTS) is 1. The van der Waals surface area contributed by atoms with Gasteiger partial charge in [-0.15, -0.1) is 0 Å². The van der Waals surface area contributed by atoms with Crippen molar-refractivity contribution in [3.63, 3.8) is 0 Å². The lowest BCUT2D eigenvalue weighted by Gasteiger charge is -2.19. The Balaban J connectivity index is 0.000000202. The highest BCUT2D eigenvalue weighted by molar-refractivity contribution is 6.20. The van der Waals surface area contributed by atoms with E-state index in [-0.39, 0.29) is 36.5 Å². The smallest absolute Gasteiger partial charge is 0.339 e. The minimum absolute atomic E-state index is 0.00108. The van der Waals surface area contributed by atoms with Gasteiger partial charge in [-0.1, -0.05) is 66.7 Å². The van der Waals surface area contributed by atoms with Crippen molar-refractivity contribution >= 4 is 29.2 Å². The number of carbonyl (C=O) groups excluding carboxylic acids is 2. The summed E-state index contributed by atoms with van der Waals surface area (Å²) in [5.74, 6) is -2.33. The zero-order valence-electron chi connectivity index (χ0n) is 21.5. The van der Waals surface area contributed by atoms with Gasteiger partial charge in [0.15, 0.2) is 6.79 Å². The van der Waals surface area contributed by atoms with Gasteiger partial charge in [-0.2, -0.15) is 0 Å². The molecule has 3 N–H and O–H groups in total. The summed E-state index contributed by atoms with van der Waals surface area (Å²) in [5.41, 5.74) is 3.75. The maximum absolute atomic E-state index is 12.9. The average molecular weight is 554 g/mol. The van der Waals surface area contributed by atoms with E-state index in [2.05, 4.69) is 15.6 Å². The largest absolute Gasteiger partial charge is 0.478 e. The van der Waals surface area contributed by atoms with Crippen LogP contribution in [0.5, 0.6) is 5.75 Å². The summed E-state index contributed by atoms with van der Waals surface area (Å²) >= 11 is 0. The molecule has 0 fully saturated rings. The Morgan fingerprint density at radius 2 is 1.63 bits per heavy atom. The van der Waals surface area contributed by atoms with Crippen LogP contribution >= 0.6 is 0 Å². The summed E-state index contributed by atoms with van der Waals surface area (Å²) in [4.78, 5) is 40.6. The summed E-state index contributed by atoms with van der Waals surface area (Å²) in [5, 5.41) is 14.4. The standard InChI is InChI=1S/C22H17N3O2.C9H7FO4/c26-21(16-11-5-2-6-12-16)25-20-22(27)23-18-14-8-7-13-17(18)19(24-20)15-9-3-1-4-10-15;10-6-1-5-3-13-4-14-8(5)7(2-6)9(11)12/h1-14,20H,(H,23,27)(H,25,26);1-2H,3-4H2,(H,11,12). The number of ether oxygens (including phenoxy) is 2. The molecule has 2 aliphatic heterocycles. The molecule has 2 heterocycles. The Bertz CT molecular complexity index is 1630. The van der Waals surface area contributed by atoms with Crippen LogP contribution in [0.4, 0.5) is 10.1 Å². The van der Waals surface area contributed by atoms with Crippen LogP contribution in [0.3, 0.4) is 0 Å². The maximum Gasteiger partial charge on any atom is 0.339 e. The Labute approximate surface area is 234 Å². The van der Waals surface area contributed by atoms with E-state index in [1.54, 1.807) is 24.3 Å². The minimum atomic E-state index is -1.21. The first-order valence-corrected chi connectivity index (χ1v) is 12.6. The predicted octanol–water partition coefficient (Wildman–Crippen LogP) is 4.62. The molecule has 206 valence electrons. The number of para-hydroxylation sites is 1. The number of benzodiazepines with no additional fused rings is 1. The molecule has 4 aromatic carbocycles. The van der Waals surface area contributed by atoms with Crippen molar-refractivity contribution in [3.05, 3.63) is 131 Å². The quantitative estimate of drug-likeness (QED) is 0.339. The van der Waals surface area contributed by atoms with Crippen LogP contribution in [0.2, 0.25) is 0 Å². The van der Waals surface area contributed by atoms with E-state index in [0.29, 0.717) is 22.5 Å². The molecule has 0 saturated carbocycles. The number of benzene rings is 4. The Hall–Kier alpha value is -5.35. The molecule has 9 nitrogen and oxygen atoms in total. The molecular formula is C31H24FN3O6. The molecule has 0 spiro atoms. The molecule has 0 saturated heterocycles. The number of nitrogens with one attached hydrogen (secondary N) is 2. The SMILES string of the molecule is O=C(NC1N=C(c2ccccc2)c2ccccc2NC1=O)c1ccccc1.O=C(O)c1cc(F)cc2c1OCOC2. The van der Waals surface area contributed by atoms with Gasteiger partial charge in [0.2, 0.25) is 6.17 Å². The number of fused-ring (bicyclic) bond motifs is 2. The first kappa shape index (κ1) is 27.2. The number of hydrogen-bond acceptors (Lipinski definition) is 6. The second-order valence-electron chi connectivity index (χ2n) is 8.98. The molecule has 41 heavy (non-hydrogen) atoms. The van der Waals surface area contributed by atoms with E-state index < -0.39 is 18.0 Å². The van der Waals surface area contributed by atoms with Crippen LogP contribution in [0.25, 0.3) is 0 Å². The molecule has 0 aromatic heterocycles. The molecular weight excluding hydrogens is 529 g/mol. The van der Waals surface area contributed by atoms with Crippen molar-refractivity contribution in [1.29, 1.82) is 0 Å². The zero-order chi connectivity index (χ0) is 28.8. The summed E-state index contributed by atoms with van der Waals surface area (Å²) in [6.07, 6.45) is -1.03. The van der Waals surface area contributed by atoms with Gasteiger partial charge in [0.1, 0.15) is 17.1 Å². The van der Waals surface area contributed by atoms with E-state index in [0.717, 1.165) is 17.2 Å². The maximum atomic E-state index is 12.9. The molecule has 2 amide bonds. The fourth-order valence-corrected chi connectivity index (χ4v) is 4.32. The van der Waals surface area contributed by atoms with Crippen molar-refractivity contribution in [2.45, 2.75) is 12.8 Å². The van der Waals surface area contributed by atoms with Gasteiger partial charge in [0.05, 0.1) is 18.0 Å². The number of anilines is 1. The lowest BCUT2D eigenvalue weighted by molar-refractivity contribution is -0.117. The first-order chi connectivity index (χ1) is 19.9. The van der Waals surface area contributed by atoms with Crippen LogP contribution in [-0.4, -0.2) is 41.6 Å². The third kappa shape index (κ3) is 6.29. The van der Waals surface area contributed by atoms with Gasteiger partial charge in [-0.05, 0) is 30.3 Å². The molecule has 2 aliphatic rings. The number of aliphatic imine (C=N–C) groups is 1. The van der Waals surface area contributed by atoms with E-state index in [9.17, 15) is 18.8 Å². The monoisotopic (exact) mass is 553 g/mol. The van der Waals surface area contributed by atoms with E-state index in [4.69, 9.17) is 14.6 Å². The topological polar surface area (TPSA) is 126 Å². The summed E-state index contributed by atoms with van der Waals surface area (Å²) in [6.45, 7) is 0.173. The summed E-state index contributed by atoms with van der Waals surface area (Å²) in [7, 11) is 0. The highest BCUT2D eigenvalue weighted by atomic mass is 19.1. The normalized spacial score (nSPS) is 15.3. The summed E-state index contributed by atoms with van der Waals surface area (Å²) in [6, 6.07) is 28.0. The molecule has 0 aliphatic carbocycles. The van der Waals surface area contributed by atoms with Gasteiger partial charge >= 0.3 is 5.97 Å². The van der Waals surface area contributed by atoms with Gasteiger partial charge in [0, 0.05) is 22.3 Å². The molecule has 0 bridgehead atoms. The third-order valence-electron chi connectivity index (χ3n) is 6.20. The van der Waals surface area contributed by atoms with Crippen molar-refractivity contribution in [1.82, 2.24) is 5.32 Å². The molecule has 1 atom stereocenters. The number of nitrogens with zero attached hydrogens (tertiary/aromatic N) is 1. The molecule has 6 rings (SSSR count). The number of hydrogen-bond donors (Lipinski definition) is 3. The van der Waals surface area contributed by atoms with Crippen LogP contribution in [0, 0.1) is 5.82 Å². The average Bonchev–Trinajstić information content (AvgIpc) is 3.13. The van der Waals surface area contributed by atoms with Gasteiger partial charge in [0.25, 0.3) is 11.8 Å². The fraction of sp³-hybridized carbons (Fsp3) is 0.0968. The van der Waals surface area contributed by atoms with Crippen LogP contribution < -0.4 is 15.4 Å². The van der Waals surface area contributed by atoms with Crippen molar-refractivity contribution in [2.24, 2.45) is 4.99 Å². The van der Waals surface area contributed by atoms with Crippen LogP contribution in [-0.2, 0) is 16.1 Å². The van der Waals surface area contributed by atoms with Crippen molar-refractivity contribution in [3.8, 4) is 5.75 Å². The molecule has 0 radical (unpaired) electrons. The Morgan fingerprint density at radius 1 is 0.951 bits per heavy atom. The molecule has 10 heteroatoms. The highest BCUT2D eigenvalue weighted by Crippen LogP contribution is 2.29. The van der Waals surface area contributed by atoms with Gasteiger partial charge in [-0.3, -0.25) is 9.59 Å². The highest BCUT2D eigenvalue weighted by Gasteiger charge is 2.27. The van der Waals surface area contributed by atoms with Crippen LogP contribution in [0.15, 0.2) is 102 Å². The number of halogens is 1. The molecule has 1 unspecified atom stereocenters. The second-order valence-corrected chi connectivity index (χ2v) is 8.98. The minimum Gasteiger partial charge on any atom is -0.478 e. The van der Waals surface area contributed by atoms with Gasteiger partial charge < -0.3 is 25.2 Å². The predicted molar refractivity (Wildman–Crippen MR) is 148 cm³/mol. The Morgan fingerprint density at radius 3 is 2.37 bits per heavy atom. The second kappa shape index (κ2) is 12.2. The van der Waals surface area contributed by atoms with Crippen LogP contribution in [0.1, 0.15) is 37.4 Å². The number of rotatable bonds is 4. The van der Waals surface area contributed by atoms with E-state index in [1.807, 2.05) is 60.7 Å².